The van der Waals surface area contributed by atoms with Crippen molar-refractivity contribution >= 4 is 11.6 Å². The summed E-state index contributed by atoms with van der Waals surface area (Å²) in [5.41, 5.74) is 9.18. The summed E-state index contributed by atoms with van der Waals surface area (Å²) in [6.45, 7) is 0.695. The van der Waals surface area contributed by atoms with Gasteiger partial charge in [-0.25, -0.2) is 0 Å². The Labute approximate surface area is 101 Å². The molecule has 0 saturated heterocycles. The Balaban J connectivity index is 2.24. The lowest BCUT2D eigenvalue weighted by atomic mass is 10.0. The minimum absolute atomic E-state index is 0.695. The molecule has 0 spiro atoms. The predicted octanol–water partition coefficient (Wildman–Crippen LogP) is 3.51. The topological polar surface area (TPSA) is 26.0 Å². The van der Waals surface area contributed by atoms with Crippen LogP contribution >= 0.6 is 11.6 Å². The van der Waals surface area contributed by atoms with Crippen molar-refractivity contribution in [3.8, 4) is 11.1 Å². The molecule has 0 radical (unpaired) electrons. The summed E-state index contributed by atoms with van der Waals surface area (Å²) in [6.07, 6.45) is 0.931. The third-order valence-electron chi connectivity index (χ3n) is 2.56. The van der Waals surface area contributed by atoms with Gasteiger partial charge in [-0.15, -0.1) is 0 Å². The van der Waals surface area contributed by atoms with Crippen molar-refractivity contribution in [3.63, 3.8) is 0 Å². The molecule has 0 aliphatic rings. The average molecular weight is 232 g/mol. The Hall–Kier alpha value is -1.31. The normalized spacial score (nSPS) is 10.4. The number of hydrogen-bond acceptors (Lipinski definition) is 1. The summed E-state index contributed by atoms with van der Waals surface area (Å²) in [4.78, 5) is 0. The highest BCUT2D eigenvalue weighted by atomic mass is 35.5. The van der Waals surface area contributed by atoms with Gasteiger partial charge in [-0.2, -0.15) is 0 Å². The quantitative estimate of drug-likeness (QED) is 0.860. The molecular weight excluding hydrogens is 218 g/mol. The van der Waals surface area contributed by atoms with Gasteiger partial charge in [0.05, 0.1) is 0 Å². The van der Waals surface area contributed by atoms with Crippen LogP contribution in [0.1, 0.15) is 5.56 Å². The minimum Gasteiger partial charge on any atom is -0.330 e. The van der Waals surface area contributed by atoms with Gasteiger partial charge in [0.1, 0.15) is 0 Å². The highest BCUT2D eigenvalue weighted by Crippen LogP contribution is 2.21. The second-order valence-electron chi connectivity index (χ2n) is 3.74. The fourth-order valence-corrected chi connectivity index (χ4v) is 1.80. The van der Waals surface area contributed by atoms with Crippen LogP contribution in [0.15, 0.2) is 48.5 Å². The number of halogens is 1. The van der Waals surface area contributed by atoms with E-state index in [4.69, 9.17) is 17.3 Å². The molecule has 0 aliphatic heterocycles. The second-order valence-corrected chi connectivity index (χ2v) is 4.18. The van der Waals surface area contributed by atoms with E-state index in [1.807, 2.05) is 24.3 Å². The molecule has 0 amide bonds. The zero-order valence-corrected chi connectivity index (χ0v) is 9.74. The van der Waals surface area contributed by atoms with E-state index >= 15 is 0 Å². The van der Waals surface area contributed by atoms with Crippen molar-refractivity contribution in [2.75, 3.05) is 6.54 Å². The molecule has 0 aliphatic carbocycles. The van der Waals surface area contributed by atoms with Crippen molar-refractivity contribution in [1.29, 1.82) is 0 Å². The Bertz CT molecular complexity index is 445. The first kappa shape index (κ1) is 11.2. The Morgan fingerprint density at radius 2 is 1.31 bits per heavy atom. The lowest BCUT2D eigenvalue weighted by Crippen LogP contribution is -2.02. The molecule has 82 valence electrons. The van der Waals surface area contributed by atoms with Crippen LogP contribution in [-0.4, -0.2) is 6.54 Å². The number of hydrogen-bond donors (Lipinski definition) is 1. The van der Waals surface area contributed by atoms with E-state index < -0.39 is 0 Å². The molecular formula is C14H14ClN. The van der Waals surface area contributed by atoms with Gasteiger partial charge >= 0.3 is 0 Å². The fourth-order valence-electron chi connectivity index (χ4n) is 1.67. The first-order valence-electron chi connectivity index (χ1n) is 5.34. The van der Waals surface area contributed by atoms with Gasteiger partial charge in [0.25, 0.3) is 0 Å². The molecule has 0 aromatic heterocycles. The molecule has 2 N–H and O–H groups in total. The number of rotatable bonds is 3. The monoisotopic (exact) mass is 231 g/mol. The van der Waals surface area contributed by atoms with Crippen LogP contribution in [0, 0.1) is 0 Å². The summed E-state index contributed by atoms with van der Waals surface area (Å²) >= 11 is 5.85. The van der Waals surface area contributed by atoms with E-state index in [9.17, 15) is 0 Å². The molecule has 2 aromatic rings. The van der Waals surface area contributed by atoms with Gasteiger partial charge in [-0.1, -0.05) is 48.0 Å². The standard InChI is InChI=1S/C14H14ClN/c15-14-7-5-13(6-8-14)12-3-1-11(2-4-12)9-10-16/h1-8H,9-10,16H2. The minimum atomic E-state index is 0.695. The fraction of sp³-hybridized carbons (Fsp3) is 0.143. The van der Waals surface area contributed by atoms with E-state index in [-0.39, 0.29) is 0 Å². The molecule has 0 fully saturated rings. The van der Waals surface area contributed by atoms with Crippen LogP contribution in [0.25, 0.3) is 11.1 Å². The molecule has 1 nitrogen and oxygen atoms in total. The molecule has 0 heterocycles. The van der Waals surface area contributed by atoms with Gasteiger partial charge in [-0.05, 0) is 41.8 Å². The zero-order chi connectivity index (χ0) is 11.4. The van der Waals surface area contributed by atoms with E-state index in [0.29, 0.717) is 6.54 Å². The largest absolute Gasteiger partial charge is 0.330 e. The predicted molar refractivity (Wildman–Crippen MR) is 69.6 cm³/mol. The van der Waals surface area contributed by atoms with E-state index in [2.05, 4.69) is 24.3 Å². The lowest BCUT2D eigenvalue weighted by molar-refractivity contribution is 0.969. The Morgan fingerprint density at radius 3 is 1.81 bits per heavy atom. The molecule has 0 unspecified atom stereocenters. The maximum absolute atomic E-state index is 5.85. The molecule has 2 aromatic carbocycles. The molecule has 16 heavy (non-hydrogen) atoms. The van der Waals surface area contributed by atoms with Crippen molar-refractivity contribution in [2.45, 2.75) is 6.42 Å². The SMILES string of the molecule is NCCc1ccc(-c2ccc(Cl)cc2)cc1. The summed E-state index contributed by atoms with van der Waals surface area (Å²) in [7, 11) is 0. The first-order valence-corrected chi connectivity index (χ1v) is 5.72. The maximum atomic E-state index is 5.85. The highest BCUT2D eigenvalue weighted by molar-refractivity contribution is 6.30. The van der Waals surface area contributed by atoms with Gasteiger partial charge in [-0.3, -0.25) is 0 Å². The van der Waals surface area contributed by atoms with Crippen LogP contribution in [0.5, 0.6) is 0 Å². The molecule has 2 rings (SSSR count). The summed E-state index contributed by atoms with van der Waals surface area (Å²) in [6, 6.07) is 16.4. The highest BCUT2D eigenvalue weighted by Gasteiger charge is 1.97. The third-order valence-corrected chi connectivity index (χ3v) is 2.82. The summed E-state index contributed by atoms with van der Waals surface area (Å²) < 4.78 is 0. The zero-order valence-electron chi connectivity index (χ0n) is 8.99. The van der Waals surface area contributed by atoms with Gasteiger partial charge < -0.3 is 5.73 Å². The van der Waals surface area contributed by atoms with Crippen molar-refractivity contribution in [3.05, 3.63) is 59.1 Å². The molecule has 0 atom stereocenters. The Kier molecular flexibility index (Phi) is 3.60. The van der Waals surface area contributed by atoms with Crippen LogP contribution < -0.4 is 5.73 Å². The first-order chi connectivity index (χ1) is 7.79. The second kappa shape index (κ2) is 5.15. The number of benzene rings is 2. The van der Waals surface area contributed by atoms with Gasteiger partial charge in [0.2, 0.25) is 0 Å². The van der Waals surface area contributed by atoms with E-state index in [0.717, 1.165) is 11.4 Å². The van der Waals surface area contributed by atoms with E-state index in [1.54, 1.807) is 0 Å². The number of nitrogens with two attached hydrogens (primary N) is 1. The smallest absolute Gasteiger partial charge is 0.0406 e. The van der Waals surface area contributed by atoms with Crippen LogP contribution in [-0.2, 0) is 6.42 Å². The summed E-state index contributed by atoms with van der Waals surface area (Å²) in [5, 5.41) is 0.767. The van der Waals surface area contributed by atoms with Crippen molar-refractivity contribution in [1.82, 2.24) is 0 Å². The third kappa shape index (κ3) is 2.63. The average Bonchev–Trinajstić information content (AvgIpc) is 2.32. The molecule has 0 bridgehead atoms. The van der Waals surface area contributed by atoms with Crippen LogP contribution in [0.4, 0.5) is 0 Å². The molecule has 2 heteroatoms. The van der Waals surface area contributed by atoms with Gasteiger partial charge in [0, 0.05) is 5.02 Å². The summed E-state index contributed by atoms with van der Waals surface area (Å²) in [5.74, 6) is 0. The lowest BCUT2D eigenvalue weighted by Gasteiger charge is -2.03. The van der Waals surface area contributed by atoms with Gasteiger partial charge in [0.15, 0.2) is 0 Å². The van der Waals surface area contributed by atoms with Crippen LogP contribution in [0.3, 0.4) is 0 Å². The molecule has 0 saturated carbocycles. The van der Waals surface area contributed by atoms with Crippen LogP contribution in [0.2, 0.25) is 5.02 Å². The van der Waals surface area contributed by atoms with Crippen molar-refractivity contribution < 1.29 is 0 Å². The maximum Gasteiger partial charge on any atom is 0.0406 e. The van der Waals surface area contributed by atoms with E-state index in [1.165, 1.54) is 16.7 Å². The van der Waals surface area contributed by atoms with Crippen molar-refractivity contribution in [2.24, 2.45) is 5.73 Å². The Morgan fingerprint density at radius 1 is 0.812 bits per heavy atom.